The number of hydrogen-bond acceptors (Lipinski definition) is 4. The summed E-state index contributed by atoms with van der Waals surface area (Å²) >= 11 is 0. The van der Waals surface area contributed by atoms with Crippen molar-refractivity contribution in [2.75, 3.05) is 6.54 Å². The van der Waals surface area contributed by atoms with Gasteiger partial charge >= 0.3 is 0 Å². The van der Waals surface area contributed by atoms with Crippen LogP contribution in [0.2, 0.25) is 0 Å². The van der Waals surface area contributed by atoms with E-state index in [1.54, 1.807) is 6.07 Å². The topological polar surface area (TPSA) is 66.0 Å². The summed E-state index contributed by atoms with van der Waals surface area (Å²) in [4.78, 5) is 0. The highest BCUT2D eigenvalue weighted by Crippen LogP contribution is 2.18. The fourth-order valence-electron chi connectivity index (χ4n) is 1.74. The summed E-state index contributed by atoms with van der Waals surface area (Å²) in [6, 6.07) is 4.61. The van der Waals surface area contributed by atoms with Gasteiger partial charge < -0.3 is 15.0 Å². The van der Waals surface area contributed by atoms with E-state index in [2.05, 4.69) is 10.2 Å². The Balaban J connectivity index is 2.08. The maximum Gasteiger partial charge on any atom is 0.170 e. The average Bonchev–Trinajstić information content (AvgIpc) is 2.67. The van der Waals surface area contributed by atoms with Crippen LogP contribution in [-0.4, -0.2) is 21.3 Å². The van der Waals surface area contributed by atoms with Crippen molar-refractivity contribution < 1.29 is 9.13 Å². The fraction of sp³-hybridized carbons (Fsp3) is 0.385. The molecule has 0 unspecified atom stereocenters. The molecule has 0 saturated carbocycles. The molecule has 19 heavy (non-hydrogen) atoms. The van der Waals surface area contributed by atoms with Crippen LogP contribution in [0.15, 0.2) is 18.2 Å². The minimum atomic E-state index is -0.324. The highest BCUT2D eigenvalue weighted by molar-refractivity contribution is 5.30. The Morgan fingerprint density at radius 3 is 2.74 bits per heavy atom. The molecule has 1 aromatic carbocycles. The maximum absolute atomic E-state index is 13.4. The van der Waals surface area contributed by atoms with Gasteiger partial charge in [0.15, 0.2) is 5.82 Å². The van der Waals surface area contributed by atoms with E-state index in [0.717, 1.165) is 11.4 Å². The van der Waals surface area contributed by atoms with Crippen LogP contribution in [0.1, 0.15) is 17.2 Å². The van der Waals surface area contributed by atoms with Gasteiger partial charge in [0.25, 0.3) is 0 Å². The zero-order valence-corrected chi connectivity index (χ0v) is 11.1. The normalized spacial score (nSPS) is 10.7. The van der Waals surface area contributed by atoms with Gasteiger partial charge in [0.2, 0.25) is 0 Å². The quantitative estimate of drug-likeness (QED) is 0.885. The first kappa shape index (κ1) is 13.5. The second-order valence-corrected chi connectivity index (χ2v) is 4.34. The molecule has 2 N–H and O–H groups in total. The minimum Gasteiger partial charge on any atom is -0.485 e. The van der Waals surface area contributed by atoms with Crippen LogP contribution in [0.25, 0.3) is 0 Å². The maximum atomic E-state index is 13.4. The summed E-state index contributed by atoms with van der Waals surface area (Å²) in [5.74, 6) is 1.66. The van der Waals surface area contributed by atoms with Crippen molar-refractivity contribution >= 4 is 0 Å². The molecule has 1 aromatic heterocycles. The summed E-state index contributed by atoms with van der Waals surface area (Å²) in [5, 5.41) is 7.92. The van der Waals surface area contributed by atoms with Gasteiger partial charge in [-0.3, -0.25) is 0 Å². The van der Waals surface area contributed by atoms with E-state index in [9.17, 15) is 4.39 Å². The summed E-state index contributed by atoms with van der Waals surface area (Å²) in [6.45, 7) is 2.59. The second kappa shape index (κ2) is 5.79. The van der Waals surface area contributed by atoms with E-state index in [1.165, 1.54) is 12.1 Å². The molecule has 5 nitrogen and oxygen atoms in total. The van der Waals surface area contributed by atoms with Crippen LogP contribution in [0, 0.1) is 12.7 Å². The Hall–Kier alpha value is -1.95. The van der Waals surface area contributed by atoms with Crippen molar-refractivity contribution in [1.82, 2.24) is 14.8 Å². The molecule has 0 bridgehead atoms. The number of hydrogen-bond donors (Lipinski definition) is 1. The lowest BCUT2D eigenvalue weighted by atomic mass is 10.1. The highest BCUT2D eigenvalue weighted by atomic mass is 19.1. The standard InChI is InChI=1S/C13H17FN4O/c1-9-16-17-13(18(9)2)8-19-12-6-10(3-4-15)5-11(14)7-12/h5-7H,3-4,8,15H2,1-2H3. The van der Waals surface area contributed by atoms with Crippen molar-refractivity contribution in [2.24, 2.45) is 12.8 Å². The molecule has 0 radical (unpaired) electrons. The van der Waals surface area contributed by atoms with Crippen LogP contribution in [0.5, 0.6) is 5.75 Å². The molecule has 0 saturated heterocycles. The Morgan fingerprint density at radius 1 is 1.32 bits per heavy atom. The Kier molecular flexibility index (Phi) is 4.11. The molecule has 0 spiro atoms. The molecule has 6 heteroatoms. The van der Waals surface area contributed by atoms with E-state index in [1.807, 2.05) is 18.5 Å². The van der Waals surface area contributed by atoms with Crippen molar-refractivity contribution in [2.45, 2.75) is 20.0 Å². The van der Waals surface area contributed by atoms with Gasteiger partial charge in [-0.25, -0.2) is 4.39 Å². The van der Waals surface area contributed by atoms with Crippen LogP contribution in [-0.2, 0) is 20.1 Å². The van der Waals surface area contributed by atoms with Crippen LogP contribution >= 0.6 is 0 Å². The van der Waals surface area contributed by atoms with Gasteiger partial charge in [-0.05, 0) is 37.6 Å². The molecule has 0 aliphatic rings. The fourth-order valence-corrected chi connectivity index (χ4v) is 1.74. The smallest absolute Gasteiger partial charge is 0.170 e. The molecule has 102 valence electrons. The van der Waals surface area contributed by atoms with Crippen LogP contribution < -0.4 is 10.5 Å². The first-order valence-corrected chi connectivity index (χ1v) is 6.07. The molecular weight excluding hydrogens is 247 g/mol. The number of benzene rings is 1. The Morgan fingerprint density at radius 2 is 2.11 bits per heavy atom. The first-order valence-electron chi connectivity index (χ1n) is 6.07. The molecule has 1 heterocycles. The zero-order valence-electron chi connectivity index (χ0n) is 11.1. The van der Waals surface area contributed by atoms with E-state index in [-0.39, 0.29) is 12.4 Å². The lowest BCUT2D eigenvalue weighted by Gasteiger charge is -2.08. The molecule has 0 atom stereocenters. The lowest BCUT2D eigenvalue weighted by molar-refractivity contribution is 0.289. The molecule has 0 aliphatic heterocycles. The summed E-state index contributed by atoms with van der Waals surface area (Å²) in [6.07, 6.45) is 0.622. The third-order valence-corrected chi connectivity index (χ3v) is 2.91. The number of nitrogens with two attached hydrogens (primary N) is 1. The number of aryl methyl sites for hydroxylation is 1. The van der Waals surface area contributed by atoms with E-state index >= 15 is 0 Å². The summed E-state index contributed by atoms with van der Waals surface area (Å²) in [5.41, 5.74) is 6.29. The van der Waals surface area contributed by atoms with Gasteiger partial charge in [0, 0.05) is 13.1 Å². The monoisotopic (exact) mass is 264 g/mol. The van der Waals surface area contributed by atoms with Crippen LogP contribution in [0.3, 0.4) is 0 Å². The van der Waals surface area contributed by atoms with Gasteiger partial charge in [0.1, 0.15) is 24.0 Å². The lowest BCUT2D eigenvalue weighted by Crippen LogP contribution is -2.06. The van der Waals surface area contributed by atoms with Crippen molar-refractivity contribution in [3.05, 3.63) is 41.2 Å². The largest absolute Gasteiger partial charge is 0.485 e. The SMILES string of the molecule is Cc1nnc(COc2cc(F)cc(CCN)c2)n1C. The number of halogens is 1. The van der Waals surface area contributed by atoms with Gasteiger partial charge in [0.05, 0.1) is 0 Å². The Labute approximate surface area is 111 Å². The summed E-state index contributed by atoms with van der Waals surface area (Å²) < 4.78 is 20.8. The second-order valence-electron chi connectivity index (χ2n) is 4.34. The molecule has 0 aliphatic carbocycles. The van der Waals surface area contributed by atoms with Crippen LogP contribution in [0.4, 0.5) is 4.39 Å². The molecule has 2 aromatic rings. The first-order chi connectivity index (χ1) is 9.10. The predicted octanol–water partition coefficient (Wildman–Crippen LogP) is 1.34. The zero-order chi connectivity index (χ0) is 13.8. The van der Waals surface area contributed by atoms with E-state index in [0.29, 0.717) is 24.5 Å². The molecular formula is C13H17FN4O. The van der Waals surface area contributed by atoms with Crippen molar-refractivity contribution in [3.8, 4) is 5.75 Å². The van der Waals surface area contributed by atoms with Crippen molar-refractivity contribution in [1.29, 1.82) is 0 Å². The van der Waals surface area contributed by atoms with Gasteiger partial charge in [-0.15, -0.1) is 10.2 Å². The van der Waals surface area contributed by atoms with E-state index in [4.69, 9.17) is 10.5 Å². The highest BCUT2D eigenvalue weighted by Gasteiger charge is 2.07. The molecule has 0 amide bonds. The Bertz CT molecular complexity index is 568. The van der Waals surface area contributed by atoms with Crippen molar-refractivity contribution in [3.63, 3.8) is 0 Å². The minimum absolute atomic E-state index is 0.253. The molecule has 2 rings (SSSR count). The number of ether oxygens (including phenoxy) is 1. The molecule has 0 fully saturated rings. The predicted molar refractivity (Wildman–Crippen MR) is 69.2 cm³/mol. The van der Waals surface area contributed by atoms with Gasteiger partial charge in [-0.1, -0.05) is 0 Å². The number of nitrogens with zero attached hydrogens (tertiary/aromatic N) is 3. The number of rotatable bonds is 5. The average molecular weight is 264 g/mol. The van der Waals surface area contributed by atoms with Gasteiger partial charge in [-0.2, -0.15) is 0 Å². The third kappa shape index (κ3) is 3.29. The third-order valence-electron chi connectivity index (χ3n) is 2.91. The summed E-state index contributed by atoms with van der Waals surface area (Å²) in [7, 11) is 1.86. The van der Waals surface area contributed by atoms with E-state index < -0.39 is 0 Å². The number of aromatic nitrogens is 3.